The Balaban J connectivity index is 2.57. The first-order chi connectivity index (χ1) is 8.41. The van der Waals surface area contributed by atoms with E-state index in [-0.39, 0.29) is 18.2 Å². The molecule has 1 amide bonds. The third-order valence-corrected chi connectivity index (χ3v) is 2.21. The van der Waals surface area contributed by atoms with Gasteiger partial charge in [-0.1, -0.05) is 13.8 Å². The number of nitrogens with one attached hydrogen (secondary N) is 2. The first-order valence-electron chi connectivity index (χ1n) is 5.58. The summed E-state index contributed by atoms with van der Waals surface area (Å²) < 4.78 is 38.8. The van der Waals surface area contributed by atoms with Crippen molar-refractivity contribution >= 4 is 11.6 Å². The minimum absolute atomic E-state index is 0.122. The molecule has 0 unspecified atom stereocenters. The largest absolute Gasteiger partial charge is 0.323 e. The van der Waals surface area contributed by atoms with Crippen molar-refractivity contribution in [1.82, 2.24) is 5.32 Å². The number of benzene rings is 1. The molecule has 0 saturated heterocycles. The maximum absolute atomic E-state index is 13.2. The lowest BCUT2D eigenvalue weighted by Gasteiger charge is -2.09. The van der Waals surface area contributed by atoms with Crippen molar-refractivity contribution in [2.75, 3.05) is 11.9 Å². The first kappa shape index (κ1) is 14.5. The number of halogens is 3. The molecule has 1 aromatic rings. The van der Waals surface area contributed by atoms with Crippen LogP contribution in [-0.4, -0.2) is 18.5 Å². The van der Waals surface area contributed by atoms with Gasteiger partial charge in [0.15, 0.2) is 17.5 Å². The minimum Gasteiger partial charge on any atom is -0.323 e. The van der Waals surface area contributed by atoms with Crippen molar-refractivity contribution in [3.63, 3.8) is 0 Å². The monoisotopic (exact) mass is 260 g/mol. The highest BCUT2D eigenvalue weighted by atomic mass is 19.2. The molecule has 6 heteroatoms. The summed E-state index contributed by atoms with van der Waals surface area (Å²) in [7, 11) is 0. The van der Waals surface area contributed by atoms with Crippen molar-refractivity contribution in [1.29, 1.82) is 0 Å². The van der Waals surface area contributed by atoms with Crippen molar-refractivity contribution in [2.24, 2.45) is 0 Å². The summed E-state index contributed by atoms with van der Waals surface area (Å²) in [4.78, 5) is 11.4. The maximum Gasteiger partial charge on any atom is 0.225 e. The Labute approximate surface area is 103 Å². The van der Waals surface area contributed by atoms with E-state index < -0.39 is 23.4 Å². The summed E-state index contributed by atoms with van der Waals surface area (Å²) in [5, 5.41) is 5.20. The molecule has 1 aromatic carbocycles. The Hall–Kier alpha value is -1.56. The van der Waals surface area contributed by atoms with Gasteiger partial charge in [-0.3, -0.25) is 4.79 Å². The minimum atomic E-state index is -1.59. The first-order valence-corrected chi connectivity index (χ1v) is 5.58. The van der Waals surface area contributed by atoms with E-state index in [1.54, 1.807) is 0 Å². The molecular weight excluding hydrogens is 245 g/mol. The Bertz CT molecular complexity index is 436. The van der Waals surface area contributed by atoms with Gasteiger partial charge in [0.25, 0.3) is 0 Å². The number of anilines is 1. The Kier molecular flexibility index (Phi) is 5.15. The number of amides is 1. The normalized spacial score (nSPS) is 10.8. The van der Waals surface area contributed by atoms with Gasteiger partial charge in [-0.15, -0.1) is 0 Å². The lowest BCUT2D eigenvalue weighted by molar-refractivity contribution is -0.116. The number of carbonyl (C=O) groups excluding carboxylic acids is 1. The third-order valence-electron chi connectivity index (χ3n) is 2.21. The van der Waals surface area contributed by atoms with E-state index in [4.69, 9.17) is 0 Å². The molecule has 0 spiro atoms. The van der Waals surface area contributed by atoms with Crippen LogP contribution >= 0.6 is 0 Å². The van der Waals surface area contributed by atoms with E-state index in [1.807, 2.05) is 13.8 Å². The quantitative estimate of drug-likeness (QED) is 0.798. The predicted octanol–water partition coefficient (Wildman–Crippen LogP) is 2.43. The van der Waals surface area contributed by atoms with Gasteiger partial charge in [0.2, 0.25) is 5.91 Å². The van der Waals surface area contributed by atoms with E-state index in [0.717, 1.165) is 12.1 Å². The number of rotatable bonds is 5. The molecule has 0 bridgehead atoms. The van der Waals surface area contributed by atoms with Crippen LogP contribution in [0.4, 0.5) is 18.9 Å². The van der Waals surface area contributed by atoms with Gasteiger partial charge in [-0.2, -0.15) is 0 Å². The SMILES string of the molecule is CC(C)NCCC(=O)Nc1ccc(F)c(F)c1F. The molecule has 0 aliphatic rings. The van der Waals surface area contributed by atoms with Gasteiger partial charge >= 0.3 is 0 Å². The molecule has 0 atom stereocenters. The zero-order valence-corrected chi connectivity index (χ0v) is 10.2. The zero-order chi connectivity index (χ0) is 13.7. The summed E-state index contributed by atoms with van der Waals surface area (Å²) in [5.41, 5.74) is -0.358. The van der Waals surface area contributed by atoms with E-state index in [2.05, 4.69) is 10.6 Å². The third kappa shape index (κ3) is 4.03. The second-order valence-corrected chi connectivity index (χ2v) is 4.13. The lowest BCUT2D eigenvalue weighted by atomic mass is 10.2. The second kappa shape index (κ2) is 6.39. The smallest absolute Gasteiger partial charge is 0.225 e. The van der Waals surface area contributed by atoms with Crippen LogP contribution in [0.3, 0.4) is 0 Å². The fourth-order valence-electron chi connectivity index (χ4n) is 1.31. The molecule has 0 fully saturated rings. The molecular formula is C12H15F3N2O. The van der Waals surface area contributed by atoms with Gasteiger partial charge in [0.1, 0.15) is 0 Å². The predicted molar refractivity (Wildman–Crippen MR) is 62.7 cm³/mol. The highest BCUT2D eigenvalue weighted by molar-refractivity contribution is 5.90. The molecule has 2 N–H and O–H groups in total. The highest BCUT2D eigenvalue weighted by Gasteiger charge is 2.14. The topological polar surface area (TPSA) is 41.1 Å². The number of hydrogen-bond acceptors (Lipinski definition) is 2. The molecule has 18 heavy (non-hydrogen) atoms. The summed E-state index contributed by atoms with van der Waals surface area (Å²) in [6.07, 6.45) is 0.122. The van der Waals surface area contributed by atoms with Crippen LogP contribution in [0, 0.1) is 17.5 Å². The molecule has 0 saturated carbocycles. The second-order valence-electron chi connectivity index (χ2n) is 4.13. The van der Waals surface area contributed by atoms with Gasteiger partial charge in [0.05, 0.1) is 5.69 Å². The van der Waals surface area contributed by atoms with Crippen LogP contribution in [0.2, 0.25) is 0 Å². The number of hydrogen-bond donors (Lipinski definition) is 2. The molecule has 0 radical (unpaired) electrons. The van der Waals surface area contributed by atoms with Crippen molar-refractivity contribution in [3.05, 3.63) is 29.6 Å². The van der Waals surface area contributed by atoms with Crippen molar-refractivity contribution in [2.45, 2.75) is 26.3 Å². The molecule has 0 aliphatic carbocycles. The van der Waals surface area contributed by atoms with Crippen molar-refractivity contribution < 1.29 is 18.0 Å². The van der Waals surface area contributed by atoms with E-state index in [1.165, 1.54) is 0 Å². The average molecular weight is 260 g/mol. The van der Waals surface area contributed by atoms with Crippen LogP contribution in [-0.2, 0) is 4.79 Å². The number of carbonyl (C=O) groups is 1. The fourth-order valence-corrected chi connectivity index (χ4v) is 1.31. The summed E-state index contributed by atoms with van der Waals surface area (Å²) in [6, 6.07) is 1.99. The highest BCUT2D eigenvalue weighted by Crippen LogP contribution is 2.19. The summed E-state index contributed by atoms with van der Waals surface area (Å²) in [5.74, 6) is -4.73. The van der Waals surface area contributed by atoms with E-state index in [9.17, 15) is 18.0 Å². The Morgan fingerprint density at radius 3 is 2.50 bits per heavy atom. The molecule has 0 aromatic heterocycles. The van der Waals surface area contributed by atoms with Gasteiger partial charge in [-0.05, 0) is 12.1 Å². The summed E-state index contributed by atoms with van der Waals surface area (Å²) >= 11 is 0. The zero-order valence-electron chi connectivity index (χ0n) is 10.2. The van der Waals surface area contributed by atoms with Crippen LogP contribution in [0.25, 0.3) is 0 Å². The van der Waals surface area contributed by atoms with Gasteiger partial charge < -0.3 is 10.6 Å². The Morgan fingerprint density at radius 1 is 1.22 bits per heavy atom. The molecule has 3 nitrogen and oxygen atoms in total. The summed E-state index contributed by atoms with van der Waals surface area (Å²) in [6.45, 7) is 4.27. The van der Waals surface area contributed by atoms with Crippen LogP contribution in [0.1, 0.15) is 20.3 Å². The average Bonchev–Trinajstić information content (AvgIpc) is 2.29. The molecule has 0 heterocycles. The van der Waals surface area contributed by atoms with E-state index in [0.29, 0.717) is 6.54 Å². The maximum atomic E-state index is 13.2. The van der Waals surface area contributed by atoms with Crippen LogP contribution in [0.15, 0.2) is 12.1 Å². The van der Waals surface area contributed by atoms with Gasteiger partial charge in [-0.25, -0.2) is 13.2 Å². The van der Waals surface area contributed by atoms with Crippen molar-refractivity contribution in [3.8, 4) is 0 Å². The Morgan fingerprint density at radius 2 is 1.89 bits per heavy atom. The van der Waals surface area contributed by atoms with E-state index >= 15 is 0 Å². The standard InChI is InChI=1S/C12H15F3N2O/c1-7(2)16-6-5-10(18)17-9-4-3-8(13)11(14)12(9)15/h3-4,7,16H,5-6H2,1-2H3,(H,17,18). The van der Waals surface area contributed by atoms with Gasteiger partial charge in [0, 0.05) is 19.0 Å². The fraction of sp³-hybridized carbons (Fsp3) is 0.417. The van der Waals surface area contributed by atoms with Crippen LogP contribution < -0.4 is 10.6 Å². The lowest BCUT2D eigenvalue weighted by Crippen LogP contribution is -2.27. The molecule has 1 rings (SSSR count). The molecule has 0 aliphatic heterocycles. The molecule has 100 valence electrons. The van der Waals surface area contributed by atoms with Crippen LogP contribution in [0.5, 0.6) is 0 Å².